The summed E-state index contributed by atoms with van der Waals surface area (Å²) < 4.78 is 12.1. The zero-order valence-corrected chi connectivity index (χ0v) is 17.2. The summed E-state index contributed by atoms with van der Waals surface area (Å²) in [5, 5.41) is 5.64. The van der Waals surface area contributed by atoms with Gasteiger partial charge in [0.05, 0.1) is 16.3 Å². The highest BCUT2D eigenvalue weighted by Gasteiger charge is 2.12. The van der Waals surface area contributed by atoms with Gasteiger partial charge in [0.1, 0.15) is 17.1 Å². The van der Waals surface area contributed by atoms with Crippen LogP contribution in [0.15, 0.2) is 73.0 Å². The molecule has 5 nitrogen and oxygen atoms in total. The standard InChI is InChI=1S/C20H11BrCl2N2O3/c21-13-2-5-18-12(7-13)9-19(28-18)20(26)25-24-10-14-3-6-17(27-14)11-1-4-15(22)16(23)8-11/h1-10H,(H,25,26)/b24-10-. The van der Waals surface area contributed by atoms with E-state index in [4.69, 9.17) is 32.0 Å². The van der Waals surface area contributed by atoms with Crippen molar-refractivity contribution in [3.63, 3.8) is 0 Å². The number of hydrazone groups is 1. The first-order valence-corrected chi connectivity index (χ1v) is 9.62. The molecular formula is C20H11BrCl2N2O3. The Morgan fingerprint density at radius 1 is 1.00 bits per heavy atom. The topological polar surface area (TPSA) is 67.7 Å². The minimum atomic E-state index is -0.458. The van der Waals surface area contributed by atoms with E-state index < -0.39 is 5.91 Å². The average molecular weight is 478 g/mol. The van der Waals surface area contributed by atoms with Gasteiger partial charge in [-0.15, -0.1) is 0 Å². The summed E-state index contributed by atoms with van der Waals surface area (Å²) in [5.74, 6) is 0.783. The lowest BCUT2D eigenvalue weighted by molar-refractivity contribution is 0.0929. The van der Waals surface area contributed by atoms with Crippen molar-refractivity contribution in [2.45, 2.75) is 0 Å². The van der Waals surface area contributed by atoms with Gasteiger partial charge in [-0.3, -0.25) is 4.79 Å². The van der Waals surface area contributed by atoms with Gasteiger partial charge in [0.25, 0.3) is 0 Å². The van der Waals surface area contributed by atoms with Gasteiger partial charge in [-0.05, 0) is 54.6 Å². The van der Waals surface area contributed by atoms with Crippen molar-refractivity contribution < 1.29 is 13.6 Å². The molecule has 28 heavy (non-hydrogen) atoms. The number of furan rings is 2. The number of rotatable bonds is 4. The second-order valence-electron chi connectivity index (χ2n) is 5.82. The van der Waals surface area contributed by atoms with Crippen molar-refractivity contribution in [2.24, 2.45) is 5.10 Å². The quantitative estimate of drug-likeness (QED) is 0.268. The molecule has 4 rings (SSSR count). The largest absolute Gasteiger partial charge is 0.455 e. The van der Waals surface area contributed by atoms with Crippen LogP contribution in [0.25, 0.3) is 22.3 Å². The maximum Gasteiger partial charge on any atom is 0.307 e. The van der Waals surface area contributed by atoms with E-state index in [-0.39, 0.29) is 5.76 Å². The zero-order valence-electron chi connectivity index (χ0n) is 14.1. The Labute approximate surface area is 178 Å². The molecule has 0 saturated heterocycles. The van der Waals surface area contributed by atoms with Gasteiger partial charge in [-0.2, -0.15) is 5.10 Å². The molecule has 2 aromatic carbocycles. The maximum absolute atomic E-state index is 12.2. The van der Waals surface area contributed by atoms with Crippen LogP contribution < -0.4 is 5.43 Å². The molecule has 0 aliphatic carbocycles. The summed E-state index contributed by atoms with van der Waals surface area (Å²) in [4.78, 5) is 12.2. The van der Waals surface area contributed by atoms with Crippen LogP contribution in [-0.4, -0.2) is 12.1 Å². The highest BCUT2D eigenvalue weighted by Crippen LogP contribution is 2.29. The molecule has 0 aliphatic heterocycles. The first kappa shape index (κ1) is 18.8. The number of fused-ring (bicyclic) bond motifs is 1. The lowest BCUT2D eigenvalue weighted by Crippen LogP contribution is -2.16. The van der Waals surface area contributed by atoms with Crippen molar-refractivity contribution in [2.75, 3.05) is 0 Å². The third-order valence-corrected chi connectivity index (χ3v) is 5.12. The van der Waals surface area contributed by atoms with Crippen LogP contribution in [0.1, 0.15) is 16.3 Å². The molecule has 140 valence electrons. The zero-order chi connectivity index (χ0) is 19.7. The molecule has 2 aromatic heterocycles. The van der Waals surface area contributed by atoms with Gasteiger partial charge < -0.3 is 8.83 Å². The number of amides is 1. The molecule has 1 amide bonds. The lowest BCUT2D eigenvalue weighted by atomic mass is 10.2. The fourth-order valence-corrected chi connectivity index (χ4v) is 3.24. The fourth-order valence-electron chi connectivity index (χ4n) is 2.56. The van der Waals surface area contributed by atoms with Crippen molar-refractivity contribution >= 4 is 62.2 Å². The van der Waals surface area contributed by atoms with Crippen LogP contribution >= 0.6 is 39.1 Å². The van der Waals surface area contributed by atoms with Gasteiger partial charge in [-0.25, -0.2) is 5.43 Å². The molecule has 0 bridgehead atoms. The normalized spacial score (nSPS) is 11.4. The molecule has 0 unspecified atom stereocenters. The maximum atomic E-state index is 12.2. The highest BCUT2D eigenvalue weighted by atomic mass is 79.9. The molecule has 2 heterocycles. The van der Waals surface area contributed by atoms with Crippen LogP contribution in [0.2, 0.25) is 10.0 Å². The van der Waals surface area contributed by atoms with E-state index in [0.717, 1.165) is 15.4 Å². The number of nitrogens with one attached hydrogen (secondary N) is 1. The van der Waals surface area contributed by atoms with Crippen molar-refractivity contribution in [1.29, 1.82) is 0 Å². The van der Waals surface area contributed by atoms with E-state index in [1.54, 1.807) is 42.5 Å². The summed E-state index contributed by atoms with van der Waals surface area (Å²) in [5.41, 5.74) is 3.82. The minimum absolute atomic E-state index is 0.168. The van der Waals surface area contributed by atoms with Gasteiger partial charge in [0.15, 0.2) is 5.76 Å². The predicted octanol–water partition coefficient (Wildman–Crippen LogP) is 6.53. The van der Waals surface area contributed by atoms with Crippen LogP contribution in [0, 0.1) is 0 Å². The molecule has 1 N–H and O–H groups in total. The van der Waals surface area contributed by atoms with Gasteiger partial charge in [0.2, 0.25) is 0 Å². The summed E-state index contributed by atoms with van der Waals surface area (Å²) in [6.07, 6.45) is 1.40. The Bertz CT molecular complexity index is 1210. The highest BCUT2D eigenvalue weighted by molar-refractivity contribution is 9.10. The Hall–Kier alpha value is -2.54. The van der Waals surface area contributed by atoms with Crippen LogP contribution in [0.3, 0.4) is 0 Å². The number of carbonyl (C=O) groups excluding carboxylic acids is 1. The Kier molecular flexibility index (Phi) is 5.26. The van der Waals surface area contributed by atoms with E-state index in [9.17, 15) is 4.79 Å². The molecule has 0 fully saturated rings. The summed E-state index contributed by atoms with van der Waals surface area (Å²) in [6, 6.07) is 15.9. The molecular weight excluding hydrogens is 467 g/mol. The fraction of sp³-hybridized carbons (Fsp3) is 0. The lowest BCUT2D eigenvalue weighted by Gasteiger charge is -1.99. The van der Waals surface area contributed by atoms with Gasteiger partial charge >= 0.3 is 5.91 Å². The Balaban J connectivity index is 1.45. The molecule has 0 saturated carbocycles. The summed E-state index contributed by atoms with van der Waals surface area (Å²) in [6.45, 7) is 0. The van der Waals surface area contributed by atoms with Crippen LogP contribution in [-0.2, 0) is 0 Å². The van der Waals surface area contributed by atoms with Crippen molar-refractivity contribution in [1.82, 2.24) is 5.43 Å². The van der Waals surface area contributed by atoms with Crippen LogP contribution in [0.4, 0.5) is 0 Å². The molecule has 0 radical (unpaired) electrons. The van der Waals surface area contributed by atoms with E-state index in [1.165, 1.54) is 6.21 Å². The first-order chi connectivity index (χ1) is 13.5. The molecule has 0 spiro atoms. The second-order valence-corrected chi connectivity index (χ2v) is 7.55. The number of benzene rings is 2. The van der Waals surface area contributed by atoms with E-state index in [0.29, 0.717) is 27.1 Å². The first-order valence-electron chi connectivity index (χ1n) is 8.07. The Morgan fingerprint density at radius 3 is 2.68 bits per heavy atom. The van der Waals surface area contributed by atoms with E-state index >= 15 is 0 Å². The number of carbonyl (C=O) groups is 1. The molecule has 0 atom stereocenters. The van der Waals surface area contributed by atoms with E-state index in [1.807, 2.05) is 12.1 Å². The average Bonchev–Trinajstić information content (AvgIpc) is 3.30. The monoisotopic (exact) mass is 476 g/mol. The Morgan fingerprint density at radius 2 is 1.86 bits per heavy atom. The molecule has 8 heteroatoms. The summed E-state index contributed by atoms with van der Waals surface area (Å²) in [7, 11) is 0. The SMILES string of the molecule is O=C(N/N=C\c1ccc(-c2ccc(Cl)c(Cl)c2)o1)c1cc2cc(Br)ccc2o1. The molecule has 0 aliphatic rings. The third kappa shape index (κ3) is 3.99. The number of nitrogens with zero attached hydrogens (tertiary/aromatic N) is 1. The molecule has 4 aromatic rings. The van der Waals surface area contributed by atoms with Crippen molar-refractivity contribution in [3.05, 3.63) is 80.6 Å². The minimum Gasteiger partial charge on any atom is -0.455 e. The smallest absolute Gasteiger partial charge is 0.307 e. The van der Waals surface area contributed by atoms with E-state index in [2.05, 4.69) is 26.5 Å². The number of halogens is 3. The third-order valence-electron chi connectivity index (χ3n) is 3.89. The van der Waals surface area contributed by atoms with Crippen LogP contribution in [0.5, 0.6) is 0 Å². The second kappa shape index (κ2) is 7.83. The van der Waals surface area contributed by atoms with Gasteiger partial charge in [-0.1, -0.05) is 39.1 Å². The number of hydrogen-bond acceptors (Lipinski definition) is 4. The summed E-state index contributed by atoms with van der Waals surface area (Å²) >= 11 is 15.3. The van der Waals surface area contributed by atoms with Gasteiger partial charge in [0, 0.05) is 15.4 Å². The van der Waals surface area contributed by atoms with Crippen molar-refractivity contribution in [3.8, 4) is 11.3 Å². The number of hydrogen-bond donors (Lipinski definition) is 1. The predicted molar refractivity (Wildman–Crippen MR) is 113 cm³/mol.